The fourth-order valence-electron chi connectivity index (χ4n) is 3.69. The minimum absolute atomic E-state index is 0. The van der Waals surface area contributed by atoms with Gasteiger partial charge in [0.2, 0.25) is 0 Å². The van der Waals surface area contributed by atoms with Crippen molar-refractivity contribution >= 4 is 5.97 Å². The molecule has 1 aromatic carbocycles. The van der Waals surface area contributed by atoms with E-state index in [4.69, 9.17) is 0 Å². The van der Waals surface area contributed by atoms with Crippen molar-refractivity contribution in [2.75, 3.05) is 0 Å². The Hall–Kier alpha value is -0.650. The second-order valence-corrected chi connectivity index (χ2v) is 7.31. The Morgan fingerprint density at radius 1 is 1.31 bits per heavy atom. The number of hydrogen-bond donors (Lipinski definition) is 2. The van der Waals surface area contributed by atoms with Gasteiger partial charge >= 0.3 is 29.6 Å². The maximum atomic E-state index is 10.8. The zero-order valence-corrected chi connectivity index (χ0v) is 17.8. The Morgan fingerprint density at radius 2 is 2.04 bits per heavy atom. The number of hydrogen-bond acceptors (Lipinski definition) is 4. The largest absolute Gasteiger partial charge is 1.00 e. The predicted molar refractivity (Wildman–Crippen MR) is 95.7 cm³/mol. The van der Waals surface area contributed by atoms with Gasteiger partial charge in [0.25, 0.3) is 0 Å². The maximum absolute atomic E-state index is 10.8. The molecule has 0 heterocycles. The number of allylic oxidation sites excluding steroid dienone is 1. The van der Waals surface area contributed by atoms with Gasteiger partial charge in [0.15, 0.2) is 0 Å². The van der Waals surface area contributed by atoms with Crippen LogP contribution in [0.15, 0.2) is 42.5 Å². The van der Waals surface area contributed by atoms with Gasteiger partial charge in [-0.05, 0) is 56.4 Å². The van der Waals surface area contributed by atoms with Gasteiger partial charge in [0, 0.05) is 12.4 Å². The summed E-state index contributed by atoms with van der Waals surface area (Å²) in [5, 5.41) is 31.2. The summed E-state index contributed by atoms with van der Waals surface area (Å²) in [4.78, 5) is 10.8. The van der Waals surface area contributed by atoms with Crippen molar-refractivity contribution in [1.82, 2.24) is 0 Å². The molecule has 0 aromatic heterocycles. The summed E-state index contributed by atoms with van der Waals surface area (Å²) >= 11 is 0. The summed E-state index contributed by atoms with van der Waals surface area (Å²) in [5.41, 5.74) is 0.161. The third-order valence-electron chi connectivity index (χ3n) is 5.00. The van der Waals surface area contributed by atoms with E-state index in [1.807, 2.05) is 24.3 Å². The van der Waals surface area contributed by atoms with E-state index in [1.165, 1.54) is 5.56 Å². The third-order valence-corrected chi connectivity index (χ3v) is 5.00. The molecule has 0 amide bonds. The molecule has 2 N–H and O–H groups in total. The summed E-state index contributed by atoms with van der Waals surface area (Å²) in [7, 11) is 0. The van der Waals surface area contributed by atoms with Crippen LogP contribution in [0.2, 0.25) is 0 Å². The van der Waals surface area contributed by atoms with E-state index in [2.05, 4.69) is 12.1 Å². The number of carboxylic acids is 1. The quantitative estimate of drug-likeness (QED) is 0.346. The van der Waals surface area contributed by atoms with Gasteiger partial charge in [0.05, 0.1) is 11.7 Å². The average Bonchev–Trinajstić information content (AvgIpc) is 2.57. The maximum Gasteiger partial charge on any atom is 1.00 e. The number of carboxylic acid groups (broad SMARTS) is 1. The molecule has 26 heavy (non-hydrogen) atoms. The molecule has 0 bridgehead atoms. The Kier molecular flexibility index (Phi) is 10.7. The number of carbonyl (C=O) groups is 1. The number of benzene rings is 1. The first kappa shape index (κ1) is 23.4. The molecule has 0 radical (unpaired) electrons. The molecule has 4 nitrogen and oxygen atoms in total. The molecular weight excluding hydrogens is 339 g/mol. The molecule has 0 spiro atoms. The molecule has 1 fully saturated rings. The predicted octanol–water partition coefficient (Wildman–Crippen LogP) is -0.618. The molecule has 1 unspecified atom stereocenters. The van der Waals surface area contributed by atoms with E-state index in [-0.39, 0.29) is 41.9 Å². The molecule has 138 valence electrons. The van der Waals surface area contributed by atoms with E-state index in [0.717, 1.165) is 38.5 Å². The first-order chi connectivity index (χ1) is 12.0. The van der Waals surface area contributed by atoms with Crippen LogP contribution in [0.1, 0.15) is 56.9 Å². The Morgan fingerprint density at radius 3 is 2.73 bits per heavy atom. The fraction of sp³-hybridized carbons (Fsp3) is 0.571. The van der Waals surface area contributed by atoms with Crippen LogP contribution in [0.3, 0.4) is 0 Å². The van der Waals surface area contributed by atoms with Crippen LogP contribution >= 0.6 is 0 Å². The van der Waals surface area contributed by atoms with E-state index in [1.54, 1.807) is 6.08 Å². The van der Waals surface area contributed by atoms with Gasteiger partial charge in [-0.1, -0.05) is 48.9 Å². The van der Waals surface area contributed by atoms with Crippen LogP contribution in [0, 0.1) is 5.92 Å². The second-order valence-electron chi connectivity index (χ2n) is 7.31. The van der Waals surface area contributed by atoms with Gasteiger partial charge in [-0.25, -0.2) is 0 Å². The van der Waals surface area contributed by atoms with Crippen LogP contribution in [-0.2, 0) is 11.2 Å². The molecule has 1 aromatic rings. The number of rotatable bonds is 9. The van der Waals surface area contributed by atoms with Crippen molar-refractivity contribution in [3.05, 3.63) is 48.0 Å². The van der Waals surface area contributed by atoms with Gasteiger partial charge in [-0.3, -0.25) is 0 Å². The molecule has 3 atom stereocenters. The number of aliphatic hydroxyl groups is 2. The van der Waals surface area contributed by atoms with Crippen LogP contribution in [-0.4, -0.2) is 27.9 Å². The van der Waals surface area contributed by atoms with Crippen molar-refractivity contribution in [2.45, 2.75) is 69.5 Å². The minimum atomic E-state index is -1.20. The zero-order chi connectivity index (χ0) is 18.1. The van der Waals surface area contributed by atoms with Gasteiger partial charge in [0.1, 0.15) is 0 Å². The number of aliphatic hydroxyl groups excluding tert-OH is 1. The fourth-order valence-corrected chi connectivity index (χ4v) is 3.69. The molecule has 0 saturated heterocycles. The molecular formula is C21H29NaO4. The SMILES string of the molecule is O=C([O-])C[C@]1(O)CCC[C@@H](/C=C/C(O)CCCCc2ccccc2)C1.[Na+]. The summed E-state index contributed by atoms with van der Waals surface area (Å²) in [5.74, 6) is -1.08. The van der Waals surface area contributed by atoms with Crippen LogP contribution < -0.4 is 34.7 Å². The van der Waals surface area contributed by atoms with Crippen LogP contribution in [0.25, 0.3) is 0 Å². The van der Waals surface area contributed by atoms with E-state index < -0.39 is 17.7 Å². The third kappa shape index (κ3) is 8.83. The first-order valence-electron chi connectivity index (χ1n) is 9.29. The Labute approximate surface area is 178 Å². The van der Waals surface area contributed by atoms with Gasteiger partial charge < -0.3 is 20.1 Å². The molecule has 5 heteroatoms. The van der Waals surface area contributed by atoms with Crippen molar-refractivity contribution in [1.29, 1.82) is 0 Å². The number of aliphatic carboxylic acids is 1. The van der Waals surface area contributed by atoms with E-state index in [0.29, 0.717) is 12.8 Å². The van der Waals surface area contributed by atoms with Crippen molar-refractivity contribution < 1.29 is 49.7 Å². The normalized spacial score (nSPS) is 24.2. The zero-order valence-electron chi connectivity index (χ0n) is 15.8. The molecule has 1 saturated carbocycles. The second kappa shape index (κ2) is 11.9. The summed E-state index contributed by atoms with van der Waals surface area (Å²) in [6.45, 7) is 0. The van der Waals surface area contributed by atoms with Crippen LogP contribution in [0.4, 0.5) is 0 Å². The molecule has 1 aliphatic carbocycles. The number of carbonyl (C=O) groups excluding carboxylic acids is 1. The van der Waals surface area contributed by atoms with Gasteiger partial charge in [-0.15, -0.1) is 0 Å². The summed E-state index contributed by atoms with van der Waals surface area (Å²) < 4.78 is 0. The monoisotopic (exact) mass is 368 g/mol. The summed E-state index contributed by atoms with van der Waals surface area (Å²) in [6, 6.07) is 10.3. The average molecular weight is 368 g/mol. The van der Waals surface area contributed by atoms with Crippen molar-refractivity contribution in [3.8, 4) is 0 Å². The topological polar surface area (TPSA) is 80.6 Å². The Balaban J connectivity index is 0.00000338. The van der Waals surface area contributed by atoms with Crippen molar-refractivity contribution in [3.63, 3.8) is 0 Å². The van der Waals surface area contributed by atoms with Gasteiger partial charge in [-0.2, -0.15) is 0 Å². The summed E-state index contributed by atoms with van der Waals surface area (Å²) in [6.07, 6.45) is 9.37. The van der Waals surface area contributed by atoms with Crippen LogP contribution in [0.5, 0.6) is 0 Å². The minimum Gasteiger partial charge on any atom is -0.550 e. The smallest absolute Gasteiger partial charge is 0.550 e. The standard InChI is InChI=1S/C21H30O4.Na/c22-19(11-5-4-9-17-7-2-1-3-8-17)13-12-18-10-6-14-21(25,15-18)16-20(23)24;/h1-3,7-8,12-13,18-19,22,25H,4-6,9-11,14-16H2,(H,23,24);/q;+1/p-1/b13-12+;/t18-,19?,21-;/m0./s1. The molecule has 2 rings (SSSR count). The van der Waals surface area contributed by atoms with E-state index in [9.17, 15) is 20.1 Å². The molecule has 0 aliphatic heterocycles. The number of unbranched alkanes of at least 4 members (excludes halogenated alkanes) is 1. The van der Waals surface area contributed by atoms with Crippen molar-refractivity contribution in [2.24, 2.45) is 5.92 Å². The Bertz CT molecular complexity index is 560. The molecule has 1 aliphatic rings. The first-order valence-corrected chi connectivity index (χ1v) is 9.29. The van der Waals surface area contributed by atoms with E-state index >= 15 is 0 Å². The number of aryl methyl sites for hydroxylation is 1.